The van der Waals surface area contributed by atoms with Crippen LogP contribution in [0.4, 0.5) is 4.39 Å². The van der Waals surface area contributed by atoms with Crippen molar-refractivity contribution in [2.75, 3.05) is 0 Å². The van der Waals surface area contributed by atoms with Gasteiger partial charge in [-0.15, -0.1) is 0 Å². The molecule has 0 saturated heterocycles. The lowest BCUT2D eigenvalue weighted by Gasteiger charge is -2.09. The minimum Gasteiger partial charge on any atom is -0.343 e. The molecule has 0 unspecified atom stereocenters. The summed E-state index contributed by atoms with van der Waals surface area (Å²) in [4.78, 5) is 0. The molecule has 3 heteroatoms. The van der Waals surface area contributed by atoms with E-state index in [0.717, 1.165) is 10.9 Å². The summed E-state index contributed by atoms with van der Waals surface area (Å²) in [7, 11) is 0. The standard InChI is InChI=1S/C16H13ClFN/c1-11-5-6-12-7-8-19(16(12)9-11)10-13-14(17)3-2-4-15(13)18/h2-9H,10H2,1H3. The first-order chi connectivity index (χ1) is 9.15. The summed E-state index contributed by atoms with van der Waals surface area (Å²) in [6.45, 7) is 2.49. The lowest BCUT2D eigenvalue weighted by atomic mass is 10.2. The predicted octanol–water partition coefficient (Wildman–Crippen LogP) is 4.79. The van der Waals surface area contributed by atoms with Crippen LogP contribution in [-0.4, -0.2) is 4.57 Å². The highest BCUT2D eigenvalue weighted by molar-refractivity contribution is 6.31. The van der Waals surface area contributed by atoms with Crippen LogP contribution in [0.25, 0.3) is 10.9 Å². The quantitative estimate of drug-likeness (QED) is 0.633. The van der Waals surface area contributed by atoms with Crippen molar-refractivity contribution in [3.8, 4) is 0 Å². The Morgan fingerprint density at radius 2 is 2.00 bits per heavy atom. The molecule has 0 spiro atoms. The SMILES string of the molecule is Cc1ccc2ccn(Cc3c(F)cccc3Cl)c2c1. The summed E-state index contributed by atoms with van der Waals surface area (Å²) in [5, 5.41) is 1.62. The fraction of sp³-hybridized carbons (Fsp3) is 0.125. The van der Waals surface area contributed by atoms with Crippen LogP contribution >= 0.6 is 11.6 Å². The smallest absolute Gasteiger partial charge is 0.129 e. The van der Waals surface area contributed by atoms with E-state index in [9.17, 15) is 4.39 Å². The number of nitrogens with zero attached hydrogens (tertiary/aromatic N) is 1. The summed E-state index contributed by atoms with van der Waals surface area (Å²) in [6.07, 6.45) is 1.97. The van der Waals surface area contributed by atoms with Crippen molar-refractivity contribution in [2.45, 2.75) is 13.5 Å². The second kappa shape index (κ2) is 4.71. The van der Waals surface area contributed by atoms with Crippen LogP contribution in [0.5, 0.6) is 0 Å². The number of fused-ring (bicyclic) bond motifs is 1. The molecule has 3 aromatic rings. The summed E-state index contributed by atoms with van der Waals surface area (Å²) < 4.78 is 15.8. The molecular weight excluding hydrogens is 261 g/mol. The normalized spacial score (nSPS) is 11.1. The van der Waals surface area contributed by atoms with Crippen LogP contribution < -0.4 is 0 Å². The Balaban J connectivity index is 2.08. The monoisotopic (exact) mass is 273 g/mol. The first kappa shape index (κ1) is 12.2. The van der Waals surface area contributed by atoms with Gasteiger partial charge in [-0.05, 0) is 42.1 Å². The number of hydrogen-bond acceptors (Lipinski definition) is 0. The molecule has 0 saturated carbocycles. The van der Waals surface area contributed by atoms with E-state index in [4.69, 9.17) is 11.6 Å². The molecule has 0 aliphatic carbocycles. The third kappa shape index (κ3) is 2.24. The van der Waals surface area contributed by atoms with Gasteiger partial charge >= 0.3 is 0 Å². The van der Waals surface area contributed by atoms with Gasteiger partial charge in [0.2, 0.25) is 0 Å². The van der Waals surface area contributed by atoms with Gasteiger partial charge in [0.25, 0.3) is 0 Å². The van der Waals surface area contributed by atoms with Crippen LogP contribution in [0.3, 0.4) is 0 Å². The van der Waals surface area contributed by atoms with Gasteiger partial charge in [0.05, 0.1) is 6.54 Å². The lowest BCUT2D eigenvalue weighted by molar-refractivity contribution is 0.602. The molecule has 0 atom stereocenters. The van der Waals surface area contributed by atoms with Crippen LogP contribution in [0.15, 0.2) is 48.7 Å². The van der Waals surface area contributed by atoms with E-state index in [-0.39, 0.29) is 5.82 Å². The number of benzene rings is 2. The van der Waals surface area contributed by atoms with E-state index in [1.54, 1.807) is 12.1 Å². The van der Waals surface area contributed by atoms with Crippen molar-refractivity contribution in [2.24, 2.45) is 0 Å². The molecule has 0 aliphatic heterocycles. The summed E-state index contributed by atoms with van der Waals surface area (Å²) in [5.74, 6) is -0.262. The van der Waals surface area contributed by atoms with Crippen molar-refractivity contribution in [1.82, 2.24) is 4.57 Å². The summed E-state index contributed by atoms with van der Waals surface area (Å²) in [5.41, 5.74) is 2.81. The highest BCUT2D eigenvalue weighted by Crippen LogP contribution is 2.23. The molecule has 3 rings (SSSR count). The molecule has 1 nitrogen and oxygen atoms in total. The molecule has 0 radical (unpaired) electrons. The summed E-state index contributed by atoms with van der Waals surface area (Å²) >= 11 is 6.08. The fourth-order valence-corrected chi connectivity index (χ4v) is 2.51. The summed E-state index contributed by atoms with van der Waals surface area (Å²) in [6, 6.07) is 13.1. The minimum absolute atomic E-state index is 0.262. The van der Waals surface area contributed by atoms with E-state index >= 15 is 0 Å². The van der Waals surface area contributed by atoms with Gasteiger partial charge in [0.15, 0.2) is 0 Å². The van der Waals surface area contributed by atoms with Crippen LogP contribution in [0, 0.1) is 12.7 Å². The van der Waals surface area contributed by atoms with Crippen molar-refractivity contribution in [1.29, 1.82) is 0 Å². The Kier molecular flexibility index (Phi) is 3.03. The molecule has 0 bridgehead atoms. The van der Waals surface area contributed by atoms with Gasteiger partial charge in [-0.25, -0.2) is 4.39 Å². The Morgan fingerprint density at radius 1 is 1.16 bits per heavy atom. The van der Waals surface area contributed by atoms with Gasteiger partial charge in [0, 0.05) is 22.3 Å². The van der Waals surface area contributed by atoms with Gasteiger partial charge in [-0.2, -0.15) is 0 Å². The molecule has 1 aromatic heterocycles. The second-order valence-electron chi connectivity index (χ2n) is 4.71. The average molecular weight is 274 g/mol. The Morgan fingerprint density at radius 3 is 2.79 bits per heavy atom. The highest BCUT2D eigenvalue weighted by atomic mass is 35.5. The average Bonchev–Trinajstić information content (AvgIpc) is 2.76. The lowest BCUT2D eigenvalue weighted by Crippen LogP contribution is -2.01. The number of halogens is 2. The Labute approximate surface area is 116 Å². The van der Waals surface area contributed by atoms with E-state index in [1.807, 2.05) is 23.8 Å². The molecule has 2 aromatic carbocycles. The largest absolute Gasteiger partial charge is 0.343 e. The van der Waals surface area contributed by atoms with Crippen molar-refractivity contribution >= 4 is 22.5 Å². The van der Waals surface area contributed by atoms with Gasteiger partial charge in [0.1, 0.15) is 5.82 Å². The maximum absolute atomic E-state index is 13.8. The number of rotatable bonds is 2. The second-order valence-corrected chi connectivity index (χ2v) is 5.11. The first-order valence-electron chi connectivity index (χ1n) is 6.13. The maximum atomic E-state index is 13.8. The molecular formula is C16H13ClFN. The topological polar surface area (TPSA) is 4.93 Å². The van der Waals surface area contributed by atoms with Crippen molar-refractivity contribution in [3.63, 3.8) is 0 Å². The molecule has 1 heterocycles. The van der Waals surface area contributed by atoms with Crippen LogP contribution in [0.2, 0.25) is 5.02 Å². The first-order valence-corrected chi connectivity index (χ1v) is 6.51. The minimum atomic E-state index is -0.262. The Hall–Kier alpha value is -1.80. The van der Waals surface area contributed by atoms with Crippen molar-refractivity contribution in [3.05, 3.63) is 70.6 Å². The third-order valence-corrected chi connectivity index (χ3v) is 3.67. The van der Waals surface area contributed by atoms with Crippen molar-refractivity contribution < 1.29 is 4.39 Å². The van der Waals surface area contributed by atoms with E-state index in [2.05, 4.69) is 18.2 Å². The third-order valence-electron chi connectivity index (χ3n) is 3.32. The molecule has 0 amide bonds. The zero-order valence-electron chi connectivity index (χ0n) is 10.5. The molecule has 19 heavy (non-hydrogen) atoms. The van der Waals surface area contributed by atoms with Crippen LogP contribution in [0.1, 0.15) is 11.1 Å². The molecule has 0 aliphatic rings. The predicted molar refractivity (Wildman–Crippen MR) is 77.2 cm³/mol. The number of aryl methyl sites for hydroxylation is 1. The van der Waals surface area contributed by atoms with Crippen LogP contribution in [-0.2, 0) is 6.54 Å². The molecule has 96 valence electrons. The maximum Gasteiger partial charge on any atom is 0.129 e. The number of hydrogen-bond donors (Lipinski definition) is 0. The highest BCUT2D eigenvalue weighted by Gasteiger charge is 2.09. The molecule has 0 fully saturated rings. The zero-order chi connectivity index (χ0) is 13.4. The van der Waals surface area contributed by atoms with E-state index in [0.29, 0.717) is 17.1 Å². The van der Waals surface area contributed by atoms with E-state index in [1.165, 1.54) is 11.6 Å². The van der Waals surface area contributed by atoms with Gasteiger partial charge in [-0.1, -0.05) is 29.8 Å². The Bertz CT molecular complexity index is 725. The fourth-order valence-electron chi connectivity index (χ4n) is 2.29. The molecule has 0 N–H and O–H groups in total. The van der Waals surface area contributed by atoms with E-state index < -0.39 is 0 Å². The van der Waals surface area contributed by atoms with Gasteiger partial charge < -0.3 is 4.57 Å². The van der Waals surface area contributed by atoms with Gasteiger partial charge in [-0.3, -0.25) is 0 Å². The number of aromatic nitrogens is 1. The zero-order valence-corrected chi connectivity index (χ0v) is 11.3.